The summed E-state index contributed by atoms with van der Waals surface area (Å²) in [4.78, 5) is 0. The van der Waals surface area contributed by atoms with Gasteiger partial charge in [-0.1, -0.05) is 60.7 Å². The molecular formula is C26H18O3. The lowest BCUT2D eigenvalue weighted by Gasteiger charge is -2.13. The van der Waals surface area contributed by atoms with Crippen molar-refractivity contribution in [2.45, 2.75) is 0 Å². The van der Waals surface area contributed by atoms with Gasteiger partial charge in [-0.3, -0.25) is 0 Å². The minimum absolute atomic E-state index is 0.124. The van der Waals surface area contributed by atoms with E-state index < -0.39 is 0 Å². The molecule has 29 heavy (non-hydrogen) atoms. The van der Waals surface area contributed by atoms with Gasteiger partial charge in [-0.05, 0) is 52.4 Å². The molecule has 5 rings (SSSR count). The van der Waals surface area contributed by atoms with Crippen LogP contribution < -0.4 is 0 Å². The van der Waals surface area contributed by atoms with Crippen LogP contribution >= 0.6 is 0 Å². The van der Waals surface area contributed by atoms with E-state index in [1.54, 1.807) is 24.3 Å². The maximum Gasteiger partial charge on any atom is 0.131 e. The Morgan fingerprint density at radius 2 is 1.10 bits per heavy atom. The third-order valence-corrected chi connectivity index (χ3v) is 5.40. The molecule has 0 heterocycles. The van der Waals surface area contributed by atoms with Crippen LogP contribution in [0.2, 0.25) is 0 Å². The van der Waals surface area contributed by atoms with E-state index in [1.165, 1.54) is 0 Å². The summed E-state index contributed by atoms with van der Waals surface area (Å²) >= 11 is 0. The van der Waals surface area contributed by atoms with E-state index in [2.05, 4.69) is 0 Å². The van der Waals surface area contributed by atoms with Crippen molar-refractivity contribution in [2.75, 3.05) is 0 Å². The first-order valence-electron chi connectivity index (χ1n) is 9.38. The molecule has 0 amide bonds. The van der Waals surface area contributed by atoms with Gasteiger partial charge in [0.05, 0.1) is 0 Å². The van der Waals surface area contributed by atoms with Gasteiger partial charge in [0.2, 0.25) is 0 Å². The highest BCUT2D eigenvalue weighted by molar-refractivity contribution is 6.04. The standard InChI is InChI=1S/C26H18O3/c27-24-8-4-7-22-20(24)12-11-19(26(22)29)17-9-10-21-23(15-17)18(13-14-25(21)28)16-5-2-1-3-6-16/h1-15,27-29H. The Hall–Kier alpha value is -3.98. The second-order valence-corrected chi connectivity index (χ2v) is 7.09. The molecule has 0 aromatic heterocycles. The number of hydrogen-bond acceptors (Lipinski definition) is 3. The van der Waals surface area contributed by atoms with Crippen LogP contribution in [-0.2, 0) is 0 Å². The smallest absolute Gasteiger partial charge is 0.131 e. The molecule has 0 atom stereocenters. The summed E-state index contributed by atoms with van der Waals surface area (Å²) in [7, 11) is 0. The zero-order valence-electron chi connectivity index (χ0n) is 15.5. The van der Waals surface area contributed by atoms with E-state index >= 15 is 0 Å². The second kappa shape index (κ2) is 6.57. The summed E-state index contributed by atoms with van der Waals surface area (Å²) < 4.78 is 0. The fourth-order valence-electron chi connectivity index (χ4n) is 3.93. The van der Waals surface area contributed by atoms with Crippen molar-refractivity contribution in [1.29, 1.82) is 0 Å². The molecule has 0 bridgehead atoms. The lowest BCUT2D eigenvalue weighted by atomic mass is 9.93. The first-order valence-corrected chi connectivity index (χ1v) is 9.38. The fourth-order valence-corrected chi connectivity index (χ4v) is 3.93. The van der Waals surface area contributed by atoms with Crippen LogP contribution in [0.25, 0.3) is 43.8 Å². The topological polar surface area (TPSA) is 60.7 Å². The van der Waals surface area contributed by atoms with Crippen LogP contribution in [0.5, 0.6) is 17.2 Å². The fraction of sp³-hybridized carbons (Fsp3) is 0. The van der Waals surface area contributed by atoms with Crippen LogP contribution in [0, 0.1) is 0 Å². The van der Waals surface area contributed by atoms with Crippen molar-refractivity contribution in [3.8, 4) is 39.5 Å². The number of fused-ring (bicyclic) bond motifs is 2. The average molecular weight is 378 g/mol. The molecule has 0 spiro atoms. The second-order valence-electron chi connectivity index (χ2n) is 7.09. The monoisotopic (exact) mass is 378 g/mol. The summed E-state index contributed by atoms with van der Waals surface area (Å²) in [5.41, 5.74) is 3.58. The van der Waals surface area contributed by atoms with E-state index in [0.29, 0.717) is 16.3 Å². The average Bonchev–Trinajstić information content (AvgIpc) is 2.75. The maximum atomic E-state index is 10.9. The Bertz CT molecular complexity index is 1370. The van der Waals surface area contributed by atoms with Crippen LogP contribution in [0.15, 0.2) is 91.0 Å². The summed E-state index contributed by atoms with van der Waals surface area (Å²) in [6.07, 6.45) is 0. The first-order chi connectivity index (χ1) is 14.1. The molecule has 0 saturated carbocycles. The van der Waals surface area contributed by atoms with Gasteiger partial charge in [-0.2, -0.15) is 0 Å². The predicted octanol–water partition coefficient (Wildman–Crippen LogP) is 6.44. The van der Waals surface area contributed by atoms with Crippen molar-refractivity contribution < 1.29 is 15.3 Å². The van der Waals surface area contributed by atoms with Gasteiger partial charge in [0.25, 0.3) is 0 Å². The third-order valence-electron chi connectivity index (χ3n) is 5.40. The molecule has 3 nitrogen and oxygen atoms in total. The van der Waals surface area contributed by atoms with E-state index in [9.17, 15) is 15.3 Å². The largest absolute Gasteiger partial charge is 0.507 e. The van der Waals surface area contributed by atoms with Crippen molar-refractivity contribution in [1.82, 2.24) is 0 Å². The lowest BCUT2D eigenvalue weighted by Crippen LogP contribution is -1.86. The molecule has 0 unspecified atom stereocenters. The van der Waals surface area contributed by atoms with Gasteiger partial charge in [0.15, 0.2) is 0 Å². The Morgan fingerprint density at radius 1 is 0.414 bits per heavy atom. The number of aromatic hydroxyl groups is 3. The van der Waals surface area contributed by atoms with Crippen molar-refractivity contribution in [3.63, 3.8) is 0 Å². The highest BCUT2D eigenvalue weighted by atomic mass is 16.3. The van der Waals surface area contributed by atoms with Crippen LogP contribution in [0.3, 0.4) is 0 Å². The molecule has 0 aliphatic rings. The molecule has 0 radical (unpaired) electrons. The van der Waals surface area contributed by atoms with Gasteiger partial charge < -0.3 is 15.3 Å². The lowest BCUT2D eigenvalue weighted by molar-refractivity contribution is 0.476. The molecule has 5 aromatic carbocycles. The van der Waals surface area contributed by atoms with Gasteiger partial charge in [0.1, 0.15) is 17.2 Å². The Kier molecular flexibility index (Phi) is 3.88. The molecular weight excluding hydrogens is 360 g/mol. The van der Waals surface area contributed by atoms with E-state index in [1.807, 2.05) is 66.7 Å². The molecule has 3 N–H and O–H groups in total. The number of benzene rings is 5. The highest BCUT2D eigenvalue weighted by Gasteiger charge is 2.13. The van der Waals surface area contributed by atoms with Gasteiger partial charge in [-0.25, -0.2) is 0 Å². The van der Waals surface area contributed by atoms with Crippen molar-refractivity contribution >= 4 is 21.5 Å². The molecule has 0 aliphatic carbocycles. The number of phenolic OH excluding ortho intramolecular Hbond substituents is 3. The SMILES string of the molecule is Oc1ccc(-c2ccccc2)c2cc(-c3ccc4c(O)cccc4c3O)ccc12. The Labute approximate surface area is 167 Å². The zero-order valence-corrected chi connectivity index (χ0v) is 15.5. The predicted molar refractivity (Wildman–Crippen MR) is 117 cm³/mol. The van der Waals surface area contributed by atoms with Crippen molar-refractivity contribution in [2.24, 2.45) is 0 Å². The number of hydrogen-bond donors (Lipinski definition) is 3. The van der Waals surface area contributed by atoms with E-state index in [-0.39, 0.29) is 17.2 Å². The summed E-state index contributed by atoms with van der Waals surface area (Å²) in [5, 5.41) is 34.2. The molecule has 0 saturated heterocycles. The van der Waals surface area contributed by atoms with Crippen molar-refractivity contribution in [3.05, 3.63) is 91.0 Å². The summed E-state index contributed by atoms with van der Waals surface area (Å²) in [5.74, 6) is 0.484. The van der Waals surface area contributed by atoms with Crippen LogP contribution in [0.1, 0.15) is 0 Å². The summed E-state index contributed by atoms with van der Waals surface area (Å²) in [6, 6.07) is 28.1. The van der Waals surface area contributed by atoms with E-state index in [0.717, 1.165) is 27.5 Å². The number of phenols is 3. The Morgan fingerprint density at radius 3 is 1.93 bits per heavy atom. The van der Waals surface area contributed by atoms with Crippen LogP contribution in [0.4, 0.5) is 0 Å². The van der Waals surface area contributed by atoms with Gasteiger partial charge >= 0.3 is 0 Å². The Balaban J connectivity index is 1.77. The molecule has 5 aromatic rings. The first kappa shape index (κ1) is 17.1. The summed E-state index contributed by atoms with van der Waals surface area (Å²) in [6.45, 7) is 0. The molecule has 140 valence electrons. The minimum atomic E-state index is 0.124. The normalized spacial score (nSPS) is 11.2. The number of rotatable bonds is 2. The highest BCUT2D eigenvalue weighted by Crippen LogP contribution is 2.41. The van der Waals surface area contributed by atoms with Crippen LogP contribution in [-0.4, -0.2) is 15.3 Å². The molecule has 0 aliphatic heterocycles. The third kappa shape index (κ3) is 2.75. The molecule has 0 fully saturated rings. The minimum Gasteiger partial charge on any atom is -0.507 e. The van der Waals surface area contributed by atoms with Gasteiger partial charge in [0, 0.05) is 21.7 Å². The van der Waals surface area contributed by atoms with Gasteiger partial charge in [-0.15, -0.1) is 0 Å². The quantitative estimate of drug-likeness (QED) is 0.331. The maximum absolute atomic E-state index is 10.9. The van der Waals surface area contributed by atoms with E-state index in [4.69, 9.17) is 0 Å². The zero-order chi connectivity index (χ0) is 20.0. The molecule has 3 heteroatoms.